The van der Waals surface area contributed by atoms with Gasteiger partial charge in [-0.1, -0.05) is 35.3 Å². The Morgan fingerprint density at radius 3 is 2.65 bits per heavy atom. The fourth-order valence-electron chi connectivity index (χ4n) is 1.38. The highest BCUT2D eigenvalue weighted by molar-refractivity contribution is 6.33. The Morgan fingerprint density at radius 1 is 1.41 bits per heavy atom. The monoisotopic (exact) mass is 270 g/mol. The van der Waals surface area contributed by atoms with Crippen LogP contribution in [0.3, 0.4) is 0 Å². The summed E-state index contributed by atoms with van der Waals surface area (Å²) in [7, 11) is 0. The first-order valence-electron chi connectivity index (χ1n) is 4.74. The molecule has 1 aromatic carbocycles. The van der Waals surface area contributed by atoms with E-state index in [1.807, 2.05) is 13.0 Å². The molecule has 0 aliphatic heterocycles. The van der Waals surface area contributed by atoms with Crippen LogP contribution in [0.2, 0.25) is 10.2 Å². The van der Waals surface area contributed by atoms with Crippen LogP contribution in [0.25, 0.3) is 11.3 Å². The van der Waals surface area contributed by atoms with Crippen LogP contribution in [-0.4, -0.2) is 21.0 Å². The van der Waals surface area contributed by atoms with Gasteiger partial charge in [-0.3, -0.25) is 0 Å². The fourth-order valence-corrected chi connectivity index (χ4v) is 1.81. The Balaban J connectivity index is 2.52. The average molecular weight is 271 g/mol. The van der Waals surface area contributed by atoms with Crippen molar-refractivity contribution in [3.63, 3.8) is 0 Å². The molecule has 0 fully saturated rings. The number of hydrogen-bond acceptors (Lipinski definition) is 2. The van der Waals surface area contributed by atoms with Gasteiger partial charge in [-0.2, -0.15) is 0 Å². The van der Waals surface area contributed by atoms with Gasteiger partial charge in [0, 0.05) is 10.6 Å². The largest absolute Gasteiger partial charge is 0.475 e. The summed E-state index contributed by atoms with van der Waals surface area (Å²) in [4.78, 5) is 17.1. The van der Waals surface area contributed by atoms with Crippen molar-refractivity contribution in [2.45, 2.75) is 6.92 Å². The Morgan fingerprint density at radius 2 is 2.12 bits per heavy atom. The highest BCUT2D eigenvalue weighted by atomic mass is 35.5. The number of aromatic amines is 1. The second kappa shape index (κ2) is 4.39. The third-order valence-corrected chi connectivity index (χ3v) is 2.99. The molecule has 0 radical (unpaired) electrons. The number of carboxylic acids is 1. The number of imidazole rings is 1. The molecule has 0 bridgehead atoms. The molecule has 0 atom stereocenters. The predicted molar refractivity (Wildman–Crippen MR) is 65.7 cm³/mol. The first-order chi connectivity index (χ1) is 7.99. The van der Waals surface area contributed by atoms with Gasteiger partial charge in [0.05, 0.1) is 0 Å². The van der Waals surface area contributed by atoms with Gasteiger partial charge in [0.2, 0.25) is 5.82 Å². The molecule has 0 amide bonds. The lowest BCUT2D eigenvalue weighted by atomic mass is 10.1. The van der Waals surface area contributed by atoms with Gasteiger partial charge in [0.1, 0.15) is 10.8 Å². The number of halogens is 2. The highest BCUT2D eigenvalue weighted by Gasteiger charge is 2.15. The van der Waals surface area contributed by atoms with Crippen molar-refractivity contribution in [2.75, 3.05) is 0 Å². The third kappa shape index (κ3) is 2.28. The molecule has 0 aliphatic carbocycles. The van der Waals surface area contributed by atoms with Crippen molar-refractivity contribution in [2.24, 2.45) is 0 Å². The fraction of sp³-hybridized carbons (Fsp3) is 0.0909. The molecule has 4 nitrogen and oxygen atoms in total. The van der Waals surface area contributed by atoms with Gasteiger partial charge in [-0.25, -0.2) is 9.78 Å². The lowest BCUT2D eigenvalue weighted by Gasteiger charge is -2.01. The summed E-state index contributed by atoms with van der Waals surface area (Å²) in [6, 6.07) is 5.31. The van der Waals surface area contributed by atoms with E-state index in [1.165, 1.54) is 0 Å². The van der Waals surface area contributed by atoms with Crippen LogP contribution >= 0.6 is 23.2 Å². The molecule has 0 saturated heterocycles. The van der Waals surface area contributed by atoms with E-state index in [2.05, 4.69) is 9.97 Å². The topological polar surface area (TPSA) is 66.0 Å². The Kier molecular flexibility index (Phi) is 3.09. The van der Waals surface area contributed by atoms with Gasteiger partial charge >= 0.3 is 5.97 Å². The number of aromatic carboxylic acids is 1. The first kappa shape index (κ1) is 12.0. The van der Waals surface area contributed by atoms with E-state index in [0.717, 1.165) is 5.56 Å². The van der Waals surface area contributed by atoms with Crippen LogP contribution in [0, 0.1) is 6.92 Å². The summed E-state index contributed by atoms with van der Waals surface area (Å²) in [6.07, 6.45) is 0. The summed E-state index contributed by atoms with van der Waals surface area (Å²) in [5.74, 6) is -1.35. The maximum atomic E-state index is 10.7. The van der Waals surface area contributed by atoms with Gasteiger partial charge in [0.15, 0.2) is 0 Å². The van der Waals surface area contributed by atoms with E-state index >= 15 is 0 Å². The normalized spacial score (nSPS) is 10.5. The Hall–Kier alpha value is -1.52. The molecule has 2 rings (SSSR count). The molecule has 88 valence electrons. The van der Waals surface area contributed by atoms with Crippen LogP contribution in [0.1, 0.15) is 16.2 Å². The summed E-state index contributed by atoms with van der Waals surface area (Å²) < 4.78 is 0. The SMILES string of the molecule is Cc1ccc(-c2nc(C(=O)O)[nH]c2Cl)cc1Cl. The van der Waals surface area contributed by atoms with E-state index in [4.69, 9.17) is 28.3 Å². The minimum atomic E-state index is -1.16. The number of aryl methyl sites for hydroxylation is 1. The Bertz CT molecular complexity index is 593. The standard InChI is InChI=1S/C11H8Cl2N2O2/c1-5-2-3-6(4-7(5)12)8-9(13)15-10(14-8)11(16)17/h2-4H,1H3,(H,14,15)(H,16,17). The molecule has 6 heteroatoms. The van der Waals surface area contributed by atoms with Gasteiger partial charge in [-0.05, 0) is 18.6 Å². The van der Waals surface area contributed by atoms with E-state index < -0.39 is 5.97 Å². The summed E-state index contributed by atoms with van der Waals surface area (Å²) in [5.41, 5.74) is 1.99. The predicted octanol–water partition coefficient (Wildman–Crippen LogP) is 3.39. The van der Waals surface area contributed by atoms with Crippen LogP contribution in [0.4, 0.5) is 0 Å². The minimum absolute atomic E-state index is 0.183. The van der Waals surface area contributed by atoms with E-state index in [0.29, 0.717) is 16.3 Å². The third-order valence-electron chi connectivity index (χ3n) is 2.31. The van der Waals surface area contributed by atoms with Gasteiger partial charge in [0.25, 0.3) is 0 Å². The number of aromatic nitrogens is 2. The number of carbonyl (C=O) groups is 1. The van der Waals surface area contributed by atoms with Gasteiger partial charge in [-0.15, -0.1) is 0 Å². The quantitative estimate of drug-likeness (QED) is 0.879. The number of hydrogen-bond donors (Lipinski definition) is 2. The van der Waals surface area contributed by atoms with Gasteiger partial charge < -0.3 is 10.1 Å². The van der Waals surface area contributed by atoms with E-state index in [9.17, 15) is 4.79 Å². The number of H-pyrrole nitrogens is 1. The highest BCUT2D eigenvalue weighted by Crippen LogP contribution is 2.28. The smallest absolute Gasteiger partial charge is 0.371 e. The van der Waals surface area contributed by atoms with Crippen molar-refractivity contribution in [3.05, 3.63) is 39.8 Å². The van der Waals surface area contributed by atoms with Crippen molar-refractivity contribution in [1.82, 2.24) is 9.97 Å². The molecule has 0 spiro atoms. The van der Waals surface area contributed by atoms with Crippen molar-refractivity contribution < 1.29 is 9.90 Å². The molecule has 2 N–H and O–H groups in total. The molecule has 0 saturated carbocycles. The molecule has 0 aliphatic rings. The molecule has 0 unspecified atom stereocenters. The van der Waals surface area contributed by atoms with Crippen LogP contribution < -0.4 is 0 Å². The molecular weight excluding hydrogens is 263 g/mol. The number of carboxylic acid groups (broad SMARTS) is 1. The lowest BCUT2D eigenvalue weighted by molar-refractivity contribution is 0.0685. The van der Waals surface area contributed by atoms with E-state index in [1.54, 1.807) is 12.1 Å². The lowest BCUT2D eigenvalue weighted by Crippen LogP contribution is -1.98. The molecule has 1 aromatic heterocycles. The second-order valence-electron chi connectivity index (χ2n) is 3.52. The zero-order valence-electron chi connectivity index (χ0n) is 8.79. The zero-order chi connectivity index (χ0) is 12.6. The summed E-state index contributed by atoms with van der Waals surface area (Å²) in [5, 5.41) is 9.55. The maximum Gasteiger partial charge on any atom is 0.371 e. The summed E-state index contributed by atoms with van der Waals surface area (Å²) in [6.45, 7) is 1.88. The van der Waals surface area contributed by atoms with Crippen LogP contribution in [0.5, 0.6) is 0 Å². The average Bonchev–Trinajstić information content (AvgIpc) is 2.65. The number of benzene rings is 1. The van der Waals surface area contributed by atoms with Crippen molar-refractivity contribution >= 4 is 29.2 Å². The van der Waals surface area contributed by atoms with Crippen LogP contribution in [-0.2, 0) is 0 Å². The molecule has 17 heavy (non-hydrogen) atoms. The van der Waals surface area contributed by atoms with E-state index in [-0.39, 0.29) is 11.0 Å². The van der Waals surface area contributed by atoms with Crippen molar-refractivity contribution in [3.8, 4) is 11.3 Å². The molecule has 1 heterocycles. The number of nitrogens with one attached hydrogen (secondary N) is 1. The Labute approximate surface area is 107 Å². The second-order valence-corrected chi connectivity index (χ2v) is 4.30. The number of rotatable bonds is 2. The maximum absolute atomic E-state index is 10.7. The minimum Gasteiger partial charge on any atom is -0.475 e. The number of nitrogens with zero attached hydrogens (tertiary/aromatic N) is 1. The zero-order valence-corrected chi connectivity index (χ0v) is 10.3. The van der Waals surface area contributed by atoms with Crippen LogP contribution in [0.15, 0.2) is 18.2 Å². The first-order valence-corrected chi connectivity index (χ1v) is 5.50. The molecular formula is C11H8Cl2N2O2. The summed E-state index contributed by atoms with van der Waals surface area (Å²) >= 11 is 11.9. The van der Waals surface area contributed by atoms with Crippen molar-refractivity contribution in [1.29, 1.82) is 0 Å². The molecule has 2 aromatic rings.